The van der Waals surface area contributed by atoms with Gasteiger partial charge in [0.05, 0.1) is 18.3 Å². The molecule has 0 spiro atoms. The highest BCUT2D eigenvalue weighted by atomic mass is 79.9. The molecule has 102 valence electrons. The number of hydrogen-bond acceptors (Lipinski definition) is 5. The Labute approximate surface area is 122 Å². The summed E-state index contributed by atoms with van der Waals surface area (Å²) < 4.78 is 10.5. The molecule has 3 aromatic rings. The van der Waals surface area contributed by atoms with E-state index >= 15 is 0 Å². The third-order valence-electron chi connectivity index (χ3n) is 2.72. The third kappa shape index (κ3) is 2.20. The first-order valence-corrected chi connectivity index (χ1v) is 6.76. The summed E-state index contributed by atoms with van der Waals surface area (Å²) in [6, 6.07) is 5.75. The Hall–Kier alpha value is -2.15. The fourth-order valence-electron chi connectivity index (χ4n) is 1.93. The largest absolute Gasteiger partial charge is 0.516 e. The highest BCUT2D eigenvalue weighted by Gasteiger charge is 2.13. The number of ether oxygens (including phenoxy) is 2. The molecule has 0 aliphatic carbocycles. The van der Waals surface area contributed by atoms with E-state index in [4.69, 9.17) is 9.47 Å². The Balaban J connectivity index is 2.10. The molecule has 0 fully saturated rings. The fourth-order valence-corrected chi connectivity index (χ4v) is 2.49. The molecule has 0 radical (unpaired) electrons. The molecule has 2 heterocycles. The first kappa shape index (κ1) is 12.9. The van der Waals surface area contributed by atoms with Gasteiger partial charge < -0.3 is 14.5 Å². The molecule has 7 heteroatoms. The van der Waals surface area contributed by atoms with Crippen LogP contribution in [0.25, 0.3) is 21.9 Å². The van der Waals surface area contributed by atoms with Crippen LogP contribution in [0, 0.1) is 0 Å². The minimum absolute atomic E-state index is 0.0346. The van der Waals surface area contributed by atoms with E-state index in [-0.39, 0.29) is 12.6 Å². The van der Waals surface area contributed by atoms with Crippen LogP contribution in [0.1, 0.15) is 6.92 Å². The van der Waals surface area contributed by atoms with Gasteiger partial charge in [-0.1, -0.05) is 22.0 Å². The molecule has 6 nitrogen and oxygen atoms in total. The van der Waals surface area contributed by atoms with Crippen LogP contribution in [0.5, 0.6) is 6.01 Å². The van der Waals surface area contributed by atoms with Crippen molar-refractivity contribution in [3.63, 3.8) is 0 Å². The van der Waals surface area contributed by atoms with Gasteiger partial charge in [0, 0.05) is 15.4 Å². The zero-order valence-corrected chi connectivity index (χ0v) is 12.1. The molecule has 3 rings (SSSR count). The second-order valence-corrected chi connectivity index (χ2v) is 4.84. The van der Waals surface area contributed by atoms with Gasteiger partial charge in [0.1, 0.15) is 5.52 Å². The maximum absolute atomic E-state index is 11.3. The molecule has 1 N–H and O–H groups in total. The van der Waals surface area contributed by atoms with Gasteiger partial charge >= 0.3 is 12.2 Å². The van der Waals surface area contributed by atoms with Gasteiger partial charge in [-0.15, -0.1) is 0 Å². The highest BCUT2D eigenvalue weighted by Crippen LogP contribution is 2.30. The normalized spacial score (nSPS) is 10.9. The summed E-state index contributed by atoms with van der Waals surface area (Å²) in [5.74, 6) is 0. The van der Waals surface area contributed by atoms with Crippen molar-refractivity contribution in [3.8, 4) is 6.01 Å². The lowest BCUT2D eigenvalue weighted by Gasteiger charge is -2.01. The van der Waals surface area contributed by atoms with E-state index in [0.717, 1.165) is 20.9 Å². The molecule has 2 aromatic heterocycles. The van der Waals surface area contributed by atoms with Crippen molar-refractivity contribution in [1.29, 1.82) is 0 Å². The van der Waals surface area contributed by atoms with E-state index < -0.39 is 6.16 Å². The number of rotatable bonds is 2. The van der Waals surface area contributed by atoms with Crippen molar-refractivity contribution in [2.24, 2.45) is 0 Å². The number of nitrogens with one attached hydrogen (secondary N) is 1. The van der Waals surface area contributed by atoms with Gasteiger partial charge in [-0.25, -0.2) is 9.78 Å². The molecule has 0 aliphatic heterocycles. The van der Waals surface area contributed by atoms with Gasteiger partial charge in [-0.05, 0) is 19.1 Å². The van der Waals surface area contributed by atoms with Crippen molar-refractivity contribution in [1.82, 2.24) is 15.0 Å². The molecule has 0 atom stereocenters. The minimum atomic E-state index is -0.814. The quantitative estimate of drug-likeness (QED) is 0.726. The first-order valence-electron chi connectivity index (χ1n) is 5.96. The summed E-state index contributed by atoms with van der Waals surface area (Å²) in [7, 11) is 0. The molecule has 0 saturated carbocycles. The third-order valence-corrected chi connectivity index (χ3v) is 3.38. The van der Waals surface area contributed by atoms with E-state index in [1.54, 1.807) is 13.1 Å². The van der Waals surface area contributed by atoms with Crippen LogP contribution in [0.3, 0.4) is 0 Å². The van der Waals surface area contributed by atoms with Crippen LogP contribution < -0.4 is 4.74 Å². The summed E-state index contributed by atoms with van der Waals surface area (Å²) >= 11 is 3.48. The zero-order valence-electron chi connectivity index (χ0n) is 10.5. The lowest BCUT2D eigenvalue weighted by atomic mass is 10.2. The second-order valence-electron chi connectivity index (χ2n) is 3.99. The van der Waals surface area contributed by atoms with Crippen LogP contribution in [0.2, 0.25) is 0 Å². The summed E-state index contributed by atoms with van der Waals surface area (Å²) in [5, 5.41) is 0.915. The number of carbonyl (C=O) groups excluding carboxylic acids is 1. The molecule has 0 aliphatic rings. The van der Waals surface area contributed by atoms with Gasteiger partial charge in [0.15, 0.2) is 0 Å². The molecule has 20 heavy (non-hydrogen) atoms. The average molecular weight is 336 g/mol. The SMILES string of the molecule is CCOC(=O)Oc1ncc2[nH]c3cccc(Br)c3c2n1. The number of fused-ring (bicyclic) bond motifs is 3. The maximum atomic E-state index is 11.3. The molecule has 0 amide bonds. The van der Waals surface area contributed by atoms with E-state index in [0.29, 0.717) is 5.52 Å². The Kier molecular flexibility index (Phi) is 3.27. The number of hydrogen-bond donors (Lipinski definition) is 1. The Morgan fingerprint density at radius 3 is 3.05 bits per heavy atom. The molecule has 0 unspecified atom stereocenters. The number of aromatic nitrogens is 3. The first-order chi connectivity index (χ1) is 9.69. The van der Waals surface area contributed by atoms with Crippen molar-refractivity contribution in [2.45, 2.75) is 6.92 Å². The predicted molar refractivity (Wildman–Crippen MR) is 76.7 cm³/mol. The number of nitrogens with zero attached hydrogens (tertiary/aromatic N) is 2. The number of carbonyl (C=O) groups is 1. The van der Waals surface area contributed by atoms with Crippen LogP contribution >= 0.6 is 15.9 Å². The molecule has 0 bridgehead atoms. The molecule has 1 aromatic carbocycles. The Morgan fingerprint density at radius 1 is 1.40 bits per heavy atom. The predicted octanol–water partition coefficient (Wildman–Crippen LogP) is 3.41. The average Bonchev–Trinajstić information content (AvgIpc) is 2.78. The van der Waals surface area contributed by atoms with Gasteiger partial charge in [-0.2, -0.15) is 4.98 Å². The van der Waals surface area contributed by atoms with Gasteiger partial charge in [0.25, 0.3) is 0 Å². The summed E-state index contributed by atoms with van der Waals surface area (Å²) in [5.41, 5.74) is 2.38. The molecule has 0 saturated heterocycles. The summed E-state index contributed by atoms with van der Waals surface area (Å²) in [4.78, 5) is 22.7. The Morgan fingerprint density at radius 2 is 2.25 bits per heavy atom. The van der Waals surface area contributed by atoms with Crippen LogP contribution in [0.15, 0.2) is 28.9 Å². The zero-order chi connectivity index (χ0) is 14.1. The summed E-state index contributed by atoms with van der Waals surface area (Å²) in [6.07, 6.45) is 0.759. The van der Waals surface area contributed by atoms with Gasteiger partial charge in [-0.3, -0.25) is 0 Å². The lowest BCUT2D eigenvalue weighted by Crippen LogP contribution is -2.11. The Bertz CT molecular complexity index is 800. The monoisotopic (exact) mass is 335 g/mol. The minimum Gasteiger partial charge on any atom is -0.434 e. The number of H-pyrrole nitrogens is 1. The topological polar surface area (TPSA) is 77.1 Å². The fraction of sp³-hybridized carbons (Fsp3) is 0.154. The van der Waals surface area contributed by atoms with Crippen molar-refractivity contribution >= 4 is 44.0 Å². The lowest BCUT2D eigenvalue weighted by molar-refractivity contribution is 0.101. The van der Waals surface area contributed by atoms with E-state index in [1.165, 1.54) is 0 Å². The molecular formula is C13H10BrN3O3. The standard InChI is InChI=1S/C13H10BrN3O3/c1-2-19-13(18)20-12-15-6-9-11(17-12)10-7(14)4-3-5-8(10)16-9/h3-6,16H,2H2,1H3. The number of aromatic amines is 1. The molecular weight excluding hydrogens is 326 g/mol. The van der Waals surface area contributed by atoms with E-state index in [9.17, 15) is 4.79 Å². The maximum Gasteiger partial charge on any atom is 0.516 e. The number of halogens is 1. The van der Waals surface area contributed by atoms with Crippen LogP contribution in [0.4, 0.5) is 4.79 Å². The van der Waals surface area contributed by atoms with Gasteiger partial charge in [0.2, 0.25) is 0 Å². The van der Waals surface area contributed by atoms with Crippen molar-refractivity contribution in [2.75, 3.05) is 6.61 Å². The second kappa shape index (κ2) is 5.09. The van der Waals surface area contributed by atoms with Crippen molar-refractivity contribution < 1.29 is 14.3 Å². The van der Waals surface area contributed by atoms with Crippen LogP contribution in [-0.4, -0.2) is 27.7 Å². The van der Waals surface area contributed by atoms with E-state index in [2.05, 4.69) is 30.9 Å². The van der Waals surface area contributed by atoms with Crippen LogP contribution in [-0.2, 0) is 4.74 Å². The number of benzene rings is 1. The highest BCUT2D eigenvalue weighted by molar-refractivity contribution is 9.10. The smallest absolute Gasteiger partial charge is 0.434 e. The van der Waals surface area contributed by atoms with E-state index in [1.807, 2.05) is 18.2 Å². The summed E-state index contributed by atoms with van der Waals surface area (Å²) in [6.45, 7) is 1.93. The van der Waals surface area contributed by atoms with Crippen molar-refractivity contribution in [3.05, 3.63) is 28.9 Å².